The van der Waals surface area contributed by atoms with Crippen LogP contribution in [-0.2, 0) is 14.3 Å². The maximum atomic E-state index is 11.8. The van der Waals surface area contributed by atoms with Gasteiger partial charge in [-0.3, -0.25) is 9.59 Å². The van der Waals surface area contributed by atoms with Gasteiger partial charge in [0.25, 0.3) is 0 Å². The van der Waals surface area contributed by atoms with Crippen LogP contribution in [0.1, 0.15) is 65.2 Å². The first-order chi connectivity index (χ1) is 11.9. The van der Waals surface area contributed by atoms with E-state index in [1.165, 1.54) is 12.5 Å². The summed E-state index contributed by atoms with van der Waals surface area (Å²) in [6.45, 7) is 3.73. The van der Waals surface area contributed by atoms with E-state index < -0.39 is 5.60 Å². The van der Waals surface area contributed by atoms with Crippen LogP contribution in [-0.4, -0.2) is 17.4 Å². The fraction of sp³-hybridized carbons (Fsp3) is 0.727. The van der Waals surface area contributed by atoms with E-state index in [1.54, 1.807) is 0 Å². The highest BCUT2D eigenvalue weighted by Crippen LogP contribution is 2.65. The lowest BCUT2D eigenvalue weighted by molar-refractivity contribution is -0.167. The summed E-state index contributed by atoms with van der Waals surface area (Å²) >= 11 is 0. The maximum absolute atomic E-state index is 11.8. The van der Waals surface area contributed by atoms with Crippen molar-refractivity contribution in [3.05, 3.63) is 11.6 Å². The molecule has 4 aliphatic carbocycles. The van der Waals surface area contributed by atoms with E-state index in [-0.39, 0.29) is 11.4 Å². The summed E-state index contributed by atoms with van der Waals surface area (Å²) in [7, 11) is 0. The number of ether oxygens (including phenoxy) is 1. The molecule has 6 atom stereocenters. The molecule has 0 radical (unpaired) electrons. The highest BCUT2D eigenvalue weighted by Gasteiger charge is 2.64. The van der Waals surface area contributed by atoms with E-state index >= 15 is 0 Å². The average Bonchev–Trinajstić information content (AvgIpc) is 2.87. The van der Waals surface area contributed by atoms with E-state index in [4.69, 9.17) is 11.2 Å². The minimum Gasteiger partial charge on any atom is -0.445 e. The van der Waals surface area contributed by atoms with Crippen LogP contribution in [0.15, 0.2) is 11.6 Å². The molecule has 25 heavy (non-hydrogen) atoms. The number of rotatable bonds is 1. The first-order valence-corrected chi connectivity index (χ1v) is 9.81. The summed E-state index contributed by atoms with van der Waals surface area (Å²) < 4.78 is 5.79. The Morgan fingerprint density at radius 2 is 2.00 bits per heavy atom. The normalized spacial score (nSPS) is 45.5. The molecule has 134 valence electrons. The number of carbonyl (C=O) groups excluding carboxylic acids is 2. The third kappa shape index (κ3) is 2.33. The molecule has 0 N–H and O–H groups in total. The van der Waals surface area contributed by atoms with Crippen LogP contribution < -0.4 is 0 Å². The minimum absolute atomic E-state index is 0.111. The zero-order chi connectivity index (χ0) is 17.8. The number of ketones is 1. The van der Waals surface area contributed by atoms with Gasteiger partial charge in [-0.05, 0) is 74.7 Å². The molecular formula is C22H28O3. The molecule has 4 rings (SSSR count). The molecule has 0 saturated heterocycles. The molecule has 0 aromatic rings. The quantitative estimate of drug-likeness (QED) is 0.534. The predicted octanol–water partition coefficient (Wildman–Crippen LogP) is 4.06. The van der Waals surface area contributed by atoms with Crippen molar-refractivity contribution in [2.24, 2.45) is 29.1 Å². The van der Waals surface area contributed by atoms with Gasteiger partial charge in [-0.2, -0.15) is 0 Å². The SMILES string of the molecule is C#C[C@@]1(OC(C)=O)CC[C@H]2[C@@H]3CCC4=CC(=O)CC[C@@H]4[C@@H]3CC[C@@]21C. The van der Waals surface area contributed by atoms with Gasteiger partial charge in [0.1, 0.15) is 0 Å². The van der Waals surface area contributed by atoms with E-state index in [2.05, 4.69) is 12.8 Å². The van der Waals surface area contributed by atoms with Gasteiger partial charge in [0.2, 0.25) is 0 Å². The lowest BCUT2D eigenvalue weighted by atomic mass is 9.50. The highest BCUT2D eigenvalue weighted by molar-refractivity contribution is 5.91. The first-order valence-electron chi connectivity index (χ1n) is 9.81. The van der Waals surface area contributed by atoms with Gasteiger partial charge in [-0.1, -0.05) is 18.4 Å². The third-order valence-corrected chi connectivity index (χ3v) is 7.97. The molecule has 0 spiro atoms. The highest BCUT2D eigenvalue weighted by atomic mass is 16.6. The number of esters is 1. The Bertz CT molecular complexity index is 684. The monoisotopic (exact) mass is 340 g/mol. The number of hydrogen-bond acceptors (Lipinski definition) is 3. The van der Waals surface area contributed by atoms with Crippen molar-refractivity contribution in [1.29, 1.82) is 0 Å². The van der Waals surface area contributed by atoms with Crippen LogP contribution in [0.25, 0.3) is 0 Å². The molecule has 0 bridgehead atoms. The molecule has 0 unspecified atom stereocenters. The Labute approximate surface area is 150 Å². The molecular weight excluding hydrogens is 312 g/mol. The zero-order valence-corrected chi connectivity index (χ0v) is 15.3. The fourth-order valence-electron chi connectivity index (χ4n) is 6.86. The van der Waals surface area contributed by atoms with Crippen molar-refractivity contribution in [3.63, 3.8) is 0 Å². The molecule has 3 fully saturated rings. The van der Waals surface area contributed by atoms with Gasteiger partial charge >= 0.3 is 5.97 Å². The van der Waals surface area contributed by atoms with Gasteiger partial charge in [0.15, 0.2) is 11.4 Å². The van der Waals surface area contributed by atoms with Crippen molar-refractivity contribution in [2.45, 2.75) is 70.8 Å². The summed E-state index contributed by atoms with van der Waals surface area (Å²) in [6.07, 6.45) is 15.8. The summed E-state index contributed by atoms with van der Waals surface area (Å²) in [5, 5.41) is 0. The van der Waals surface area contributed by atoms with Crippen LogP contribution in [0.4, 0.5) is 0 Å². The third-order valence-electron chi connectivity index (χ3n) is 7.97. The second-order valence-corrected chi connectivity index (χ2v) is 8.86. The van der Waals surface area contributed by atoms with Crippen LogP contribution in [0, 0.1) is 41.4 Å². The lowest BCUT2D eigenvalue weighted by Crippen LogP contribution is -2.53. The predicted molar refractivity (Wildman–Crippen MR) is 95.4 cm³/mol. The Morgan fingerprint density at radius 1 is 1.20 bits per heavy atom. The molecule has 3 saturated carbocycles. The summed E-state index contributed by atoms with van der Waals surface area (Å²) in [6, 6.07) is 0. The largest absolute Gasteiger partial charge is 0.445 e. The molecule has 4 aliphatic rings. The minimum atomic E-state index is -0.729. The number of hydrogen-bond donors (Lipinski definition) is 0. The van der Waals surface area contributed by atoms with Gasteiger partial charge in [-0.25, -0.2) is 0 Å². The second kappa shape index (κ2) is 5.73. The summed E-state index contributed by atoms with van der Waals surface area (Å²) in [5.41, 5.74) is 0.565. The molecule has 0 aromatic heterocycles. The lowest BCUT2D eigenvalue weighted by Gasteiger charge is -2.55. The molecule has 0 heterocycles. The van der Waals surface area contributed by atoms with Crippen molar-refractivity contribution >= 4 is 11.8 Å². The fourth-order valence-corrected chi connectivity index (χ4v) is 6.86. The standard InChI is InChI=1S/C22H28O3/c1-4-22(25-14(2)23)12-10-20-19-7-5-15-13-16(24)6-8-17(15)18(19)9-11-21(20,22)3/h1,13,17-20H,5-12H2,2-3H3/t17-,18-,19+,20-,21-,22+/m0/s1. The van der Waals surface area contributed by atoms with Gasteiger partial charge in [0.05, 0.1) is 0 Å². The summed E-state index contributed by atoms with van der Waals surface area (Å²) in [4.78, 5) is 23.5. The number of fused-ring (bicyclic) bond motifs is 5. The Morgan fingerprint density at radius 3 is 2.72 bits per heavy atom. The number of carbonyl (C=O) groups is 2. The van der Waals surface area contributed by atoms with Crippen molar-refractivity contribution < 1.29 is 14.3 Å². The van der Waals surface area contributed by atoms with E-state index in [0.717, 1.165) is 44.9 Å². The smallest absolute Gasteiger partial charge is 0.304 e. The topological polar surface area (TPSA) is 43.4 Å². The number of allylic oxidation sites excluding steroid dienone is 1. The Kier molecular flexibility index (Phi) is 3.87. The average molecular weight is 340 g/mol. The van der Waals surface area contributed by atoms with Crippen LogP contribution in [0.2, 0.25) is 0 Å². The first kappa shape index (κ1) is 16.9. The molecule has 0 aromatic carbocycles. The zero-order valence-electron chi connectivity index (χ0n) is 15.3. The van der Waals surface area contributed by atoms with E-state index in [9.17, 15) is 9.59 Å². The Balaban J connectivity index is 1.64. The van der Waals surface area contributed by atoms with E-state index in [0.29, 0.717) is 35.9 Å². The molecule has 3 nitrogen and oxygen atoms in total. The van der Waals surface area contributed by atoms with Gasteiger partial charge in [-0.15, -0.1) is 6.42 Å². The van der Waals surface area contributed by atoms with Gasteiger partial charge < -0.3 is 4.74 Å². The van der Waals surface area contributed by atoms with Crippen LogP contribution in [0.3, 0.4) is 0 Å². The maximum Gasteiger partial charge on any atom is 0.304 e. The van der Waals surface area contributed by atoms with Crippen LogP contribution >= 0.6 is 0 Å². The number of terminal acetylenes is 1. The van der Waals surface area contributed by atoms with E-state index in [1.807, 2.05) is 6.08 Å². The van der Waals surface area contributed by atoms with Crippen molar-refractivity contribution in [1.82, 2.24) is 0 Å². The molecule has 0 aliphatic heterocycles. The molecule has 3 heteroatoms. The second-order valence-electron chi connectivity index (χ2n) is 8.86. The van der Waals surface area contributed by atoms with Gasteiger partial charge in [0, 0.05) is 18.8 Å². The van der Waals surface area contributed by atoms with Crippen LogP contribution in [0.5, 0.6) is 0 Å². The molecule has 0 amide bonds. The summed E-state index contributed by atoms with van der Waals surface area (Å²) in [5.74, 6) is 5.41. The van der Waals surface area contributed by atoms with Crippen molar-refractivity contribution in [2.75, 3.05) is 0 Å². The van der Waals surface area contributed by atoms with Crippen molar-refractivity contribution in [3.8, 4) is 12.3 Å². The Hall–Kier alpha value is -1.56.